The first-order valence-electron chi connectivity index (χ1n) is 13.0. The number of ketones is 1. The van der Waals surface area contributed by atoms with E-state index in [2.05, 4.69) is 0 Å². The van der Waals surface area contributed by atoms with Crippen molar-refractivity contribution in [3.05, 3.63) is 78.4 Å². The Balaban J connectivity index is 1.49. The number of hydrogen-bond acceptors (Lipinski definition) is 7. The number of carbonyl (C=O) groups is 3. The topological polar surface area (TPSA) is 88.1 Å². The highest BCUT2D eigenvalue weighted by Gasteiger charge is 2.46. The lowest BCUT2D eigenvalue weighted by molar-refractivity contribution is -0.157. The first-order chi connectivity index (χ1) is 18.5. The van der Waals surface area contributed by atoms with Crippen LogP contribution >= 0.6 is 0 Å². The van der Waals surface area contributed by atoms with Crippen molar-refractivity contribution in [1.82, 2.24) is 0 Å². The van der Waals surface area contributed by atoms with E-state index in [-0.39, 0.29) is 25.4 Å². The van der Waals surface area contributed by atoms with Gasteiger partial charge in [-0.25, -0.2) is 0 Å². The van der Waals surface area contributed by atoms with Crippen LogP contribution in [0.2, 0.25) is 0 Å². The molecule has 38 heavy (non-hydrogen) atoms. The Bertz CT molecular complexity index is 1230. The number of hydrogen-bond donors (Lipinski definition) is 0. The molecule has 7 heteroatoms. The Morgan fingerprint density at radius 2 is 1.58 bits per heavy atom. The highest BCUT2D eigenvalue weighted by molar-refractivity contribution is 5.98. The minimum absolute atomic E-state index is 0.0882. The van der Waals surface area contributed by atoms with E-state index in [1.807, 2.05) is 42.5 Å². The fourth-order valence-electron chi connectivity index (χ4n) is 5.06. The van der Waals surface area contributed by atoms with Crippen molar-refractivity contribution in [1.29, 1.82) is 0 Å². The molecular weight excluding hydrogens is 484 g/mol. The summed E-state index contributed by atoms with van der Waals surface area (Å²) in [7, 11) is 1.58. The van der Waals surface area contributed by atoms with Crippen molar-refractivity contribution in [2.45, 2.75) is 32.1 Å². The smallest absolute Gasteiger partial charge is 0.316 e. The van der Waals surface area contributed by atoms with Gasteiger partial charge >= 0.3 is 11.9 Å². The molecule has 0 aromatic heterocycles. The first kappa shape index (κ1) is 27.5. The van der Waals surface area contributed by atoms with Gasteiger partial charge in [0.1, 0.15) is 5.75 Å². The van der Waals surface area contributed by atoms with Gasteiger partial charge in [-0.1, -0.05) is 79.6 Å². The molecule has 1 fully saturated rings. The van der Waals surface area contributed by atoms with Crippen molar-refractivity contribution in [2.75, 3.05) is 33.5 Å². The Morgan fingerprint density at radius 1 is 0.868 bits per heavy atom. The van der Waals surface area contributed by atoms with Crippen LogP contribution in [0.5, 0.6) is 5.75 Å². The van der Waals surface area contributed by atoms with E-state index in [0.717, 1.165) is 23.6 Å². The van der Waals surface area contributed by atoms with Crippen molar-refractivity contribution < 1.29 is 33.3 Å². The summed E-state index contributed by atoms with van der Waals surface area (Å²) in [6.07, 6.45) is 3.08. The largest absolute Gasteiger partial charge is 0.457 e. The average molecular weight is 519 g/mol. The lowest BCUT2D eigenvalue weighted by Crippen LogP contribution is -2.38. The molecule has 7 nitrogen and oxygen atoms in total. The molecule has 0 heterocycles. The third-order valence-electron chi connectivity index (χ3n) is 7.11. The maximum atomic E-state index is 13.5. The van der Waals surface area contributed by atoms with Gasteiger partial charge in [-0.2, -0.15) is 0 Å². The van der Waals surface area contributed by atoms with Gasteiger partial charge in [0.05, 0.1) is 31.2 Å². The summed E-state index contributed by atoms with van der Waals surface area (Å²) >= 11 is 0. The first-order valence-corrected chi connectivity index (χ1v) is 13.0. The number of carbonyl (C=O) groups excluding carboxylic acids is 3. The van der Waals surface area contributed by atoms with Crippen LogP contribution in [0.4, 0.5) is 0 Å². The Labute approximate surface area is 223 Å². The van der Waals surface area contributed by atoms with Crippen LogP contribution < -0.4 is 4.74 Å². The predicted octanol–water partition coefficient (Wildman–Crippen LogP) is 5.40. The quantitative estimate of drug-likeness (QED) is 0.130. The molecule has 1 aliphatic rings. The fourth-order valence-corrected chi connectivity index (χ4v) is 5.06. The van der Waals surface area contributed by atoms with Gasteiger partial charge in [-0.3, -0.25) is 14.4 Å². The van der Waals surface area contributed by atoms with Crippen LogP contribution in [0.15, 0.2) is 72.8 Å². The summed E-state index contributed by atoms with van der Waals surface area (Å²) in [6, 6.07) is 22.0. The van der Waals surface area contributed by atoms with E-state index in [1.54, 1.807) is 37.4 Å². The number of ether oxygens (including phenoxy) is 4. The normalized spacial score (nSPS) is 15.2. The van der Waals surface area contributed by atoms with E-state index in [0.29, 0.717) is 37.4 Å². The van der Waals surface area contributed by atoms with Crippen LogP contribution in [0.1, 0.15) is 42.5 Å². The van der Waals surface area contributed by atoms with Crippen molar-refractivity contribution in [3.63, 3.8) is 0 Å². The van der Waals surface area contributed by atoms with Gasteiger partial charge in [-0.15, -0.1) is 0 Å². The Kier molecular flexibility index (Phi) is 9.62. The second-order valence-corrected chi connectivity index (χ2v) is 9.72. The minimum Gasteiger partial charge on any atom is -0.457 e. The molecule has 0 amide bonds. The van der Waals surface area contributed by atoms with Gasteiger partial charge in [-0.05, 0) is 30.7 Å². The number of Topliss-reactive ketones (excluding diaryl/α,β-unsaturated/α-hetero) is 1. The van der Waals surface area contributed by atoms with Crippen LogP contribution in [0.3, 0.4) is 0 Å². The van der Waals surface area contributed by atoms with Gasteiger partial charge in [0.25, 0.3) is 0 Å². The number of rotatable bonds is 13. The van der Waals surface area contributed by atoms with Crippen LogP contribution in [0, 0.1) is 11.3 Å². The molecule has 0 radical (unpaired) electrons. The fraction of sp³-hybridized carbons (Fsp3) is 0.387. The van der Waals surface area contributed by atoms with Crippen LogP contribution in [0.25, 0.3) is 10.8 Å². The van der Waals surface area contributed by atoms with Crippen LogP contribution in [-0.4, -0.2) is 51.3 Å². The maximum Gasteiger partial charge on any atom is 0.316 e. The molecule has 200 valence electrons. The van der Waals surface area contributed by atoms with Crippen LogP contribution in [-0.2, 0) is 23.8 Å². The predicted molar refractivity (Wildman–Crippen MR) is 143 cm³/mol. The van der Waals surface area contributed by atoms with Crippen molar-refractivity contribution in [2.24, 2.45) is 11.3 Å². The van der Waals surface area contributed by atoms with Gasteiger partial charge < -0.3 is 18.9 Å². The standard InChI is InChI=1S/C31H34O7/c1-35-18-19-36-21-25(29(33)38-28-15-9-13-23-10-5-6-14-26(23)28)20-31(16-7-8-17-31)30(34)37-22-27(32)24-11-3-2-4-12-24/h2-6,9-15,25H,7-8,16-22H2,1H3. The zero-order valence-electron chi connectivity index (χ0n) is 21.7. The number of esters is 2. The maximum absolute atomic E-state index is 13.5. The third-order valence-corrected chi connectivity index (χ3v) is 7.11. The molecule has 1 aliphatic carbocycles. The average Bonchev–Trinajstić information content (AvgIpc) is 3.43. The number of fused-ring (bicyclic) bond motifs is 1. The molecule has 1 atom stereocenters. The van der Waals surface area contributed by atoms with E-state index in [1.165, 1.54) is 0 Å². The lowest BCUT2D eigenvalue weighted by Gasteiger charge is -2.30. The Morgan fingerprint density at radius 3 is 2.34 bits per heavy atom. The second-order valence-electron chi connectivity index (χ2n) is 9.72. The van der Waals surface area contributed by atoms with Gasteiger partial charge in [0.15, 0.2) is 12.4 Å². The molecule has 0 spiro atoms. The molecule has 1 unspecified atom stereocenters. The summed E-state index contributed by atoms with van der Waals surface area (Å²) < 4.78 is 22.2. The summed E-state index contributed by atoms with van der Waals surface area (Å²) in [4.78, 5) is 39.4. The zero-order valence-corrected chi connectivity index (χ0v) is 21.7. The highest BCUT2D eigenvalue weighted by Crippen LogP contribution is 2.45. The zero-order chi connectivity index (χ0) is 26.8. The lowest BCUT2D eigenvalue weighted by atomic mass is 9.77. The molecule has 3 aromatic rings. The summed E-state index contributed by atoms with van der Waals surface area (Å²) in [5, 5.41) is 1.79. The molecule has 0 bridgehead atoms. The summed E-state index contributed by atoms with van der Waals surface area (Å²) in [5.74, 6) is -1.40. The molecular formula is C31H34O7. The molecule has 0 aliphatic heterocycles. The summed E-state index contributed by atoms with van der Waals surface area (Å²) in [5.41, 5.74) is -0.381. The SMILES string of the molecule is COCCOCC(CC1(C(=O)OCC(=O)c2ccccc2)CCCC1)C(=O)Oc1cccc2ccccc12. The van der Waals surface area contributed by atoms with E-state index < -0.39 is 23.3 Å². The second kappa shape index (κ2) is 13.3. The number of methoxy groups -OCH3 is 1. The van der Waals surface area contributed by atoms with Gasteiger partial charge in [0, 0.05) is 18.1 Å². The highest BCUT2D eigenvalue weighted by atomic mass is 16.5. The van der Waals surface area contributed by atoms with Crippen molar-refractivity contribution in [3.8, 4) is 5.75 Å². The number of benzene rings is 3. The summed E-state index contributed by atoms with van der Waals surface area (Å²) in [6.45, 7) is 0.461. The minimum atomic E-state index is -0.871. The van der Waals surface area contributed by atoms with E-state index in [9.17, 15) is 14.4 Å². The molecule has 3 aromatic carbocycles. The van der Waals surface area contributed by atoms with Gasteiger partial charge in [0.2, 0.25) is 0 Å². The monoisotopic (exact) mass is 518 g/mol. The molecule has 1 saturated carbocycles. The third kappa shape index (κ3) is 6.85. The van der Waals surface area contributed by atoms with E-state index >= 15 is 0 Å². The van der Waals surface area contributed by atoms with E-state index in [4.69, 9.17) is 18.9 Å². The molecule has 0 N–H and O–H groups in total. The molecule has 0 saturated heterocycles. The van der Waals surface area contributed by atoms with Crippen molar-refractivity contribution >= 4 is 28.5 Å². The Hall–Kier alpha value is -3.55. The molecule has 4 rings (SSSR count).